The van der Waals surface area contributed by atoms with Crippen molar-refractivity contribution in [2.24, 2.45) is 0 Å². The minimum Gasteiger partial charge on any atom is -0.373 e. The van der Waals surface area contributed by atoms with Gasteiger partial charge in [0.05, 0.1) is 16.8 Å². The van der Waals surface area contributed by atoms with Crippen molar-refractivity contribution in [2.75, 3.05) is 18.5 Å². The maximum absolute atomic E-state index is 12.2. The summed E-state index contributed by atoms with van der Waals surface area (Å²) in [5.74, 6) is -0.0779. The van der Waals surface area contributed by atoms with Crippen LogP contribution >= 0.6 is 11.3 Å². The van der Waals surface area contributed by atoms with Crippen LogP contribution in [-0.2, 0) is 13.0 Å². The number of aromatic nitrogens is 2. The number of hydrogen-bond acceptors (Lipinski definition) is 5. The maximum atomic E-state index is 12.2. The van der Waals surface area contributed by atoms with Crippen molar-refractivity contribution in [1.82, 2.24) is 9.78 Å². The van der Waals surface area contributed by atoms with Crippen LogP contribution in [0.3, 0.4) is 0 Å². The number of rotatable bonds is 6. The number of carbonyl (C=O) groups excluding carboxylic acids is 1. The molecule has 0 unspecified atom stereocenters. The first-order valence-electron chi connectivity index (χ1n) is 6.95. The van der Waals surface area contributed by atoms with Gasteiger partial charge < -0.3 is 4.90 Å². The lowest BCUT2D eigenvalue weighted by Gasteiger charge is -2.16. The fourth-order valence-corrected chi connectivity index (χ4v) is 2.74. The van der Waals surface area contributed by atoms with Gasteiger partial charge in [0, 0.05) is 24.5 Å². The normalized spacial score (nSPS) is 10.6. The van der Waals surface area contributed by atoms with Crippen LogP contribution in [0.25, 0.3) is 0 Å². The van der Waals surface area contributed by atoms with Crippen molar-refractivity contribution in [1.29, 1.82) is 0 Å². The molecule has 0 amide bonds. The number of Topliss-reactive ketones (excluding diaryl/α,β-unsaturated/α-hetero) is 1. The van der Waals surface area contributed by atoms with Crippen molar-refractivity contribution < 1.29 is 4.79 Å². The Morgan fingerprint density at radius 3 is 2.71 bits per heavy atom. The predicted octanol–water partition coefficient (Wildman–Crippen LogP) is 2.21. The zero-order valence-corrected chi connectivity index (χ0v) is 13.3. The summed E-state index contributed by atoms with van der Waals surface area (Å²) in [5, 5.41) is 4.09. The number of thiophene rings is 1. The molecular weight excluding hydrogens is 286 g/mol. The molecule has 0 aromatic carbocycles. The molecule has 112 valence electrons. The Morgan fingerprint density at radius 1 is 1.38 bits per heavy atom. The van der Waals surface area contributed by atoms with Gasteiger partial charge in [-0.25, -0.2) is 4.68 Å². The van der Waals surface area contributed by atoms with E-state index in [-0.39, 0.29) is 17.9 Å². The van der Waals surface area contributed by atoms with E-state index in [4.69, 9.17) is 0 Å². The van der Waals surface area contributed by atoms with Crippen LogP contribution in [0.1, 0.15) is 28.4 Å². The van der Waals surface area contributed by atoms with Gasteiger partial charge in [-0.3, -0.25) is 9.59 Å². The van der Waals surface area contributed by atoms with E-state index in [0.717, 1.165) is 18.7 Å². The third-order valence-electron chi connectivity index (χ3n) is 3.35. The number of aryl methyl sites for hydroxylation is 1. The second kappa shape index (κ2) is 6.67. The molecule has 0 atom stereocenters. The third-order valence-corrected chi connectivity index (χ3v) is 4.62. The molecule has 6 heteroatoms. The zero-order chi connectivity index (χ0) is 15.4. The van der Waals surface area contributed by atoms with Crippen LogP contribution in [0.5, 0.6) is 0 Å². The number of hydrogen-bond donors (Lipinski definition) is 0. The van der Waals surface area contributed by atoms with Crippen molar-refractivity contribution in [3.05, 3.63) is 44.5 Å². The molecule has 0 aliphatic rings. The van der Waals surface area contributed by atoms with Gasteiger partial charge in [0.25, 0.3) is 5.56 Å². The Hall–Kier alpha value is -1.95. The lowest BCUT2D eigenvalue weighted by atomic mass is 10.3. The lowest BCUT2D eigenvalue weighted by Crippen LogP contribution is -2.28. The molecule has 0 saturated heterocycles. The third kappa shape index (κ3) is 3.58. The van der Waals surface area contributed by atoms with Crippen molar-refractivity contribution in [2.45, 2.75) is 26.8 Å². The largest absolute Gasteiger partial charge is 0.373 e. The summed E-state index contributed by atoms with van der Waals surface area (Å²) in [7, 11) is 1.89. The summed E-state index contributed by atoms with van der Waals surface area (Å²) in [6.45, 7) is 4.82. The zero-order valence-electron chi connectivity index (χ0n) is 12.5. The van der Waals surface area contributed by atoms with Crippen LogP contribution in [0.2, 0.25) is 0 Å². The van der Waals surface area contributed by atoms with Gasteiger partial charge in [0.15, 0.2) is 5.78 Å². The van der Waals surface area contributed by atoms with E-state index in [9.17, 15) is 9.59 Å². The highest BCUT2D eigenvalue weighted by Crippen LogP contribution is 2.17. The SMILES string of the molecule is CCc1ccc(C(=O)Cn2ncc(N(C)CC)cc2=O)s1. The smallest absolute Gasteiger partial charge is 0.269 e. The molecule has 2 heterocycles. The molecule has 21 heavy (non-hydrogen) atoms. The molecular formula is C15H19N3O2S. The average molecular weight is 305 g/mol. The minimum atomic E-state index is -0.256. The van der Waals surface area contributed by atoms with Crippen LogP contribution in [0.4, 0.5) is 5.69 Å². The summed E-state index contributed by atoms with van der Waals surface area (Å²) in [5.41, 5.74) is 0.504. The number of ketones is 1. The molecule has 0 bridgehead atoms. The van der Waals surface area contributed by atoms with Gasteiger partial charge >= 0.3 is 0 Å². The number of carbonyl (C=O) groups is 1. The fourth-order valence-electron chi connectivity index (χ4n) is 1.87. The topological polar surface area (TPSA) is 55.2 Å². The van der Waals surface area contributed by atoms with Gasteiger partial charge in [0.2, 0.25) is 0 Å². The van der Waals surface area contributed by atoms with Crippen molar-refractivity contribution in [3.63, 3.8) is 0 Å². The van der Waals surface area contributed by atoms with E-state index in [2.05, 4.69) is 12.0 Å². The fraction of sp³-hybridized carbons (Fsp3) is 0.400. The van der Waals surface area contributed by atoms with E-state index in [1.165, 1.54) is 27.0 Å². The Morgan fingerprint density at radius 2 is 2.14 bits per heavy atom. The van der Waals surface area contributed by atoms with Gasteiger partial charge in [-0.2, -0.15) is 5.10 Å². The van der Waals surface area contributed by atoms with Crippen LogP contribution in [0.15, 0.2) is 29.2 Å². The number of nitrogens with zero attached hydrogens (tertiary/aromatic N) is 3. The molecule has 0 fully saturated rings. The first-order valence-corrected chi connectivity index (χ1v) is 7.77. The molecule has 0 N–H and O–H groups in total. The summed E-state index contributed by atoms with van der Waals surface area (Å²) in [6.07, 6.45) is 2.53. The first-order chi connectivity index (χ1) is 10.0. The standard InChI is InChI=1S/C15H19N3O2S/c1-4-12-6-7-14(21-12)13(19)10-18-15(20)8-11(9-16-18)17(3)5-2/h6-9H,4-5,10H2,1-3H3. The Balaban J connectivity index is 2.16. The molecule has 0 saturated carbocycles. The predicted molar refractivity (Wildman–Crippen MR) is 85.5 cm³/mol. The maximum Gasteiger partial charge on any atom is 0.269 e. The molecule has 2 rings (SSSR count). The monoisotopic (exact) mass is 305 g/mol. The van der Waals surface area contributed by atoms with Gasteiger partial charge in [-0.05, 0) is 25.5 Å². The minimum absolute atomic E-state index is 0.0153. The molecule has 0 aliphatic heterocycles. The average Bonchev–Trinajstić information content (AvgIpc) is 2.97. The molecule has 0 radical (unpaired) electrons. The quantitative estimate of drug-likeness (QED) is 0.768. The molecule has 2 aromatic rings. The summed E-state index contributed by atoms with van der Waals surface area (Å²) in [6, 6.07) is 5.28. The van der Waals surface area contributed by atoms with E-state index >= 15 is 0 Å². The summed E-state index contributed by atoms with van der Waals surface area (Å²) in [4.78, 5) is 27.9. The van der Waals surface area contributed by atoms with Crippen LogP contribution in [-0.4, -0.2) is 29.2 Å². The van der Waals surface area contributed by atoms with Gasteiger partial charge in [-0.15, -0.1) is 11.3 Å². The van der Waals surface area contributed by atoms with Gasteiger partial charge in [-0.1, -0.05) is 6.92 Å². The van der Waals surface area contributed by atoms with Crippen LogP contribution < -0.4 is 10.5 Å². The summed E-state index contributed by atoms with van der Waals surface area (Å²) < 4.78 is 1.21. The molecule has 2 aromatic heterocycles. The second-order valence-corrected chi connectivity index (χ2v) is 5.93. The Labute approximate surface area is 127 Å². The van der Waals surface area contributed by atoms with Crippen molar-refractivity contribution >= 4 is 22.8 Å². The summed E-state index contributed by atoms with van der Waals surface area (Å²) >= 11 is 1.48. The molecule has 0 aliphatic carbocycles. The first kappa shape index (κ1) is 15.4. The van der Waals surface area contributed by atoms with E-state index in [1.54, 1.807) is 6.20 Å². The van der Waals surface area contributed by atoms with E-state index in [1.807, 2.05) is 31.0 Å². The van der Waals surface area contributed by atoms with Crippen LogP contribution in [0, 0.1) is 0 Å². The Kier molecular flexibility index (Phi) is 4.90. The molecule has 0 spiro atoms. The Bertz CT molecular complexity index is 690. The lowest BCUT2D eigenvalue weighted by molar-refractivity contribution is 0.0969. The van der Waals surface area contributed by atoms with Gasteiger partial charge in [0.1, 0.15) is 6.54 Å². The van der Waals surface area contributed by atoms with E-state index < -0.39 is 0 Å². The second-order valence-electron chi connectivity index (χ2n) is 4.77. The number of anilines is 1. The van der Waals surface area contributed by atoms with E-state index in [0.29, 0.717) is 4.88 Å². The highest BCUT2D eigenvalue weighted by molar-refractivity contribution is 7.14. The highest BCUT2D eigenvalue weighted by atomic mass is 32.1. The van der Waals surface area contributed by atoms with Crippen molar-refractivity contribution in [3.8, 4) is 0 Å². The molecule has 5 nitrogen and oxygen atoms in total. The highest BCUT2D eigenvalue weighted by Gasteiger charge is 2.12.